The van der Waals surface area contributed by atoms with Gasteiger partial charge in [-0.25, -0.2) is 0 Å². The van der Waals surface area contributed by atoms with Gasteiger partial charge in [-0.2, -0.15) is 17.9 Å². The summed E-state index contributed by atoms with van der Waals surface area (Å²) in [6.45, 7) is 6.99. The van der Waals surface area contributed by atoms with Crippen molar-refractivity contribution in [3.05, 3.63) is 0 Å². The van der Waals surface area contributed by atoms with E-state index in [9.17, 15) is 13.5 Å². The van der Waals surface area contributed by atoms with E-state index in [2.05, 4.69) is 9.44 Å². The summed E-state index contributed by atoms with van der Waals surface area (Å²) in [5, 5.41) is 9.22. The van der Waals surface area contributed by atoms with E-state index in [4.69, 9.17) is 0 Å². The summed E-state index contributed by atoms with van der Waals surface area (Å²) in [7, 11) is -3.53. The van der Waals surface area contributed by atoms with Gasteiger partial charge >= 0.3 is 0 Å². The Kier molecular flexibility index (Phi) is 5.72. The van der Waals surface area contributed by atoms with Gasteiger partial charge in [0.25, 0.3) is 10.2 Å². The Morgan fingerprint density at radius 2 is 1.73 bits per heavy atom. The van der Waals surface area contributed by atoms with E-state index in [1.807, 2.05) is 13.8 Å². The summed E-state index contributed by atoms with van der Waals surface area (Å²) in [6.07, 6.45) is 1.11. The monoisotopic (exact) mass is 238 g/mol. The van der Waals surface area contributed by atoms with Gasteiger partial charge in [0.05, 0.1) is 12.1 Å². The Balaban J connectivity index is 4.67. The molecule has 15 heavy (non-hydrogen) atoms. The minimum absolute atomic E-state index is 0.160. The van der Waals surface area contributed by atoms with Crippen LogP contribution in [0.4, 0.5) is 0 Å². The zero-order chi connectivity index (χ0) is 12.1. The van der Waals surface area contributed by atoms with E-state index in [0.717, 1.165) is 0 Å². The van der Waals surface area contributed by atoms with Crippen molar-refractivity contribution in [3.8, 4) is 0 Å². The highest BCUT2D eigenvalue weighted by atomic mass is 32.2. The predicted molar refractivity (Wildman–Crippen MR) is 60.7 cm³/mol. The van der Waals surface area contributed by atoms with Crippen LogP contribution in [0.25, 0.3) is 0 Å². The first-order chi connectivity index (χ1) is 6.81. The number of rotatable bonds is 7. The molecule has 0 aromatic rings. The van der Waals surface area contributed by atoms with Gasteiger partial charge in [0, 0.05) is 6.04 Å². The summed E-state index contributed by atoms with van der Waals surface area (Å²) in [4.78, 5) is 0. The van der Waals surface area contributed by atoms with Crippen LogP contribution in [-0.2, 0) is 10.2 Å². The SMILES string of the molecule is CCC(CC)(CO)NS(=O)(=O)NC(C)C. The second-order valence-corrected chi connectivity index (χ2v) is 5.47. The Labute approximate surface area is 92.4 Å². The summed E-state index contributed by atoms with van der Waals surface area (Å²) in [5.74, 6) is 0. The first-order valence-corrected chi connectivity index (χ1v) is 6.71. The van der Waals surface area contributed by atoms with Gasteiger partial charge < -0.3 is 5.11 Å². The molecule has 0 heterocycles. The van der Waals surface area contributed by atoms with Crippen molar-refractivity contribution in [2.24, 2.45) is 0 Å². The number of aliphatic hydroxyl groups is 1. The molecule has 0 rings (SSSR count). The van der Waals surface area contributed by atoms with Crippen LogP contribution < -0.4 is 9.44 Å². The average molecular weight is 238 g/mol. The van der Waals surface area contributed by atoms with Gasteiger partial charge in [0.15, 0.2) is 0 Å². The molecule has 92 valence electrons. The molecule has 0 saturated carbocycles. The molecule has 0 aliphatic heterocycles. The minimum atomic E-state index is -3.53. The normalized spacial score (nSPS) is 13.5. The molecule has 0 aliphatic carbocycles. The highest BCUT2D eigenvalue weighted by molar-refractivity contribution is 7.87. The Hall–Kier alpha value is -0.170. The van der Waals surface area contributed by atoms with Gasteiger partial charge in [0.1, 0.15) is 0 Å². The molecule has 0 fully saturated rings. The second kappa shape index (κ2) is 5.79. The van der Waals surface area contributed by atoms with Crippen molar-refractivity contribution < 1.29 is 13.5 Å². The van der Waals surface area contributed by atoms with Crippen LogP contribution >= 0.6 is 0 Å². The maximum Gasteiger partial charge on any atom is 0.277 e. The van der Waals surface area contributed by atoms with E-state index in [0.29, 0.717) is 12.8 Å². The second-order valence-electron chi connectivity index (χ2n) is 4.02. The highest BCUT2D eigenvalue weighted by Crippen LogP contribution is 2.15. The molecule has 0 aromatic heterocycles. The largest absolute Gasteiger partial charge is 0.394 e. The molecular weight excluding hydrogens is 216 g/mol. The lowest BCUT2D eigenvalue weighted by Crippen LogP contribution is -2.55. The lowest BCUT2D eigenvalue weighted by molar-refractivity contribution is 0.172. The van der Waals surface area contributed by atoms with E-state index in [1.165, 1.54) is 0 Å². The zero-order valence-corrected chi connectivity index (χ0v) is 10.7. The minimum Gasteiger partial charge on any atom is -0.394 e. The third-order valence-corrected chi connectivity index (χ3v) is 3.88. The van der Waals surface area contributed by atoms with Crippen LogP contribution in [0.1, 0.15) is 40.5 Å². The fourth-order valence-electron chi connectivity index (χ4n) is 1.28. The molecular formula is C9H22N2O3S. The number of nitrogens with one attached hydrogen (secondary N) is 2. The van der Waals surface area contributed by atoms with Crippen molar-refractivity contribution in [1.82, 2.24) is 9.44 Å². The summed E-state index contributed by atoms with van der Waals surface area (Å²) in [6, 6.07) is -0.160. The maximum absolute atomic E-state index is 11.6. The molecule has 0 spiro atoms. The fourth-order valence-corrected chi connectivity index (χ4v) is 2.88. The van der Waals surface area contributed by atoms with Crippen LogP contribution in [0.5, 0.6) is 0 Å². The standard InChI is InChI=1S/C9H22N2O3S/c1-5-9(6-2,7-12)11-15(13,14)10-8(3)4/h8,10-12H,5-7H2,1-4H3. The van der Waals surface area contributed by atoms with Gasteiger partial charge in [0.2, 0.25) is 0 Å². The Bertz CT molecular complexity index is 263. The molecule has 0 amide bonds. The van der Waals surface area contributed by atoms with E-state index >= 15 is 0 Å². The molecule has 0 aliphatic rings. The van der Waals surface area contributed by atoms with E-state index in [-0.39, 0.29) is 12.6 Å². The molecule has 0 bridgehead atoms. The molecule has 0 unspecified atom stereocenters. The summed E-state index contributed by atoms with van der Waals surface area (Å²) < 4.78 is 28.1. The molecule has 0 aromatic carbocycles. The van der Waals surface area contributed by atoms with Crippen molar-refractivity contribution >= 4 is 10.2 Å². The lowest BCUT2D eigenvalue weighted by Gasteiger charge is -2.30. The molecule has 6 heteroatoms. The topological polar surface area (TPSA) is 78.4 Å². The van der Waals surface area contributed by atoms with Crippen LogP contribution in [-0.4, -0.2) is 31.7 Å². The summed E-state index contributed by atoms with van der Waals surface area (Å²) in [5.41, 5.74) is -0.749. The highest BCUT2D eigenvalue weighted by Gasteiger charge is 2.30. The number of aliphatic hydroxyl groups excluding tert-OH is 1. The molecule has 5 nitrogen and oxygen atoms in total. The van der Waals surface area contributed by atoms with E-state index in [1.54, 1.807) is 13.8 Å². The van der Waals surface area contributed by atoms with Gasteiger partial charge in [-0.15, -0.1) is 0 Å². The molecule has 0 atom stereocenters. The number of hydrogen-bond acceptors (Lipinski definition) is 3. The first-order valence-electron chi connectivity index (χ1n) is 5.23. The predicted octanol–water partition coefficient (Wildman–Crippen LogP) is 0.370. The van der Waals surface area contributed by atoms with E-state index < -0.39 is 15.7 Å². The quantitative estimate of drug-likeness (QED) is 0.599. The first kappa shape index (κ1) is 14.8. The van der Waals surface area contributed by atoms with Crippen LogP contribution in [0.15, 0.2) is 0 Å². The van der Waals surface area contributed by atoms with Crippen LogP contribution in [0.2, 0.25) is 0 Å². The smallest absolute Gasteiger partial charge is 0.277 e. The zero-order valence-electron chi connectivity index (χ0n) is 9.87. The molecule has 0 saturated heterocycles. The number of hydrogen-bond donors (Lipinski definition) is 3. The average Bonchev–Trinajstić information content (AvgIpc) is 2.12. The van der Waals surface area contributed by atoms with Gasteiger partial charge in [-0.3, -0.25) is 0 Å². The van der Waals surface area contributed by atoms with Crippen molar-refractivity contribution in [1.29, 1.82) is 0 Å². The van der Waals surface area contributed by atoms with Crippen LogP contribution in [0.3, 0.4) is 0 Å². The van der Waals surface area contributed by atoms with Crippen LogP contribution in [0, 0.1) is 0 Å². The Morgan fingerprint density at radius 1 is 1.27 bits per heavy atom. The van der Waals surface area contributed by atoms with Gasteiger partial charge in [-0.05, 0) is 26.7 Å². The van der Waals surface area contributed by atoms with Crippen molar-refractivity contribution in [3.63, 3.8) is 0 Å². The third-order valence-electron chi connectivity index (χ3n) is 2.40. The third kappa shape index (κ3) is 4.92. The molecule has 3 N–H and O–H groups in total. The van der Waals surface area contributed by atoms with Gasteiger partial charge in [-0.1, -0.05) is 13.8 Å². The Morgan fingerprint density at radius 3 is 2.00 bits per heavy atom. The molecule has 0 radical (unpaired) electrons. The summed E-state index contributed by atoms with van der Waals surface area (Å²) >= 11 is 0. The van der Waals surface area contributed by atoms with Crippen molar-refractivity contribution in [2.45, 2.75) is 52.1 Å². The maximum atomic E-state index is 11.6. The lowest BCUT2D eigenvalue weighted by atomic mass is 9.96. The fraction of sp³-hybridized carbons (Fsp3) is 1.00. The van der Waals surface area contributed by atoms with Crippen molar-refractivity contribution in [2.75, 3.05) is 6.61 Å².